The Morgan fingerprint density at radius 1 is 0.788 bits per heavy atom. The number of rotatable bonds is 10. The van der Waals surface area contributed by atoms with Gasteiger partial charge < -0.3 is 13.9 Å². The van der Waals surface area contributed by atoms with Crippen LogP contribution in [0.3, 0.4) is 0 Å². The molecule has 0 aromatic heterocycles. The molecule has 0 radical (unpaired) electrons. The zero-order valence-corrected chi connectivity index (χ0v) is 20.9. The minimum Gasteiger partial charge on any atom is -0.309 e. The van der Waals surface area contributed by atoms with E-state index in [2.05, 4.69) is 0 Å². The summed E-state index contributed by atoms with van der Waals surface area (Å²) in [6.45, 7) is 4.52. The van der Waals surface area contributed by atoms with Crippen LogP contribution >= 0.6 is 30.8 Å². The van der Waals surface area contributed by atoms with Crippen LogP contribution in [0.2, 0.25) is 10.0 Å². The van der Waals surface area contributed by atoms with Crippen LogP contribution in [0.1, 0.15) is 35.3 Å². The molecule has 0 heterocycles. The van der Waals surface area contributed by atoms with Crippen molar-refractivity contribution in [3.8, 4) is 0 Å². The van der Waals surface area contributed by atoms with E-state index in [-0.39, 0.29) is 12.1 Å². The number of hydrogen-bond donors (Lipinski definition) is 0. The van der Waals surface area contributed by atoms with Crippen molar-refractivity contribution in [2.45, 2.75) is 26.6 Å². The smallest absolute Gasteiger partial charge is 0.309 e. The third-order valence-electron chi connectivity index (χ3n) is 4.87. The summed E-state index contributed by atoms with van der Waals surface area (Å²) in [6, 6.07) is 21.5. The zero-order chi connectivity index (χ0) is 23.8. The van der Waals surface area contributed by atoms with Gasteiger partial charge in [0, 0.05) is 21.3 Å². The van der Waals surface area contributed by atoms with Gasteiger partial charge in [-0.25, -0.2) is 0 Å². The monoisotopic (exact) mass is 505 g/mol. The Hall–Kier alpha value is -2.14. The molecular weight excluding hydrogens is 480 g/mol. The average molecular weight is 506 g/mol. The van der Waals surface area contributed by atoms with E-state index in [9.17, 15) is 9.36 Å². The van der Waals surface area contributed by atoms with Gasteiger partial charge in [0.1, 0.15) is 0 Å². The van der Waals surface area contributed by atoms with E-state index in [4.69, 9.17) is 32.2 Å². The highest BCUT2D eigenvalue weighted by Crippen LogP contribution is 2.51. The lowest BCUT2D eigenvalue weighted by atomic mass is 10.1. The minimum atomic E-state index is -3.22. The molecule has 33 heavy (non-hydrogen) atoms. The molecule has 0 aliphatic carbocycles. The van der Waals surface area contributed by atoms with Crippen molar-refractivity contribution >= 4 is 42.4 Å². The summed E-state index contributed by atoms with van der Waals surface area (Å²) in [6.07, 6.45) is 0.148. The Kier molecular flexibility index (Phi) is 9.13. The topological polar surface area (TPSA) is 55.8 Å². The number of halogens is 2. The van der Waals surface area contributed by atoms with Crippen LogP contribution in [0, 0.1) is 0 Å². The fraction of sp³-hybridized carbons (Fsp3) is 0.240. The first kappa shape index (κ1) is 25.5. The molecule has 1 amide bonds. The molecule has 8 heteroatoms. The molecule has 0 aliphatic rings. The minimum absolute atomic E-state index is 0.148. The second-order valence-electron chi connectivity index (χ2n) is 7.30. The maximum absolute atomic E-state index is 13.5. The molecular formula is C25H26Cl2NO4P. The Labute approximate surface area is 204 Å². The van der Waals surface area contributed by atoms with Gasteiger partial charge in [-0.05, 0) is 73.5 Å². The van der Waals surface area contributed by atoms with Crippen molar-refractivity contribution in [1.82, 2.24) is 0 Å². The predicted molar refractivity (Wildman–Crippen MR) is 134 cm³/mol. The van der Waals surface area contributed by atoms with Gasteiger partial charge in [0.05, 0.1) is 25.9 Å². The first-order valence-electron chi connectivity index (χ1n) is 10.6. The normalized spacial score (nSPS) is 11.4. The van der Waals surface area contributed by atoms with Crippen molar-refractivity contribution in [3.05, 3.63) is 99.5 Å². The number of amides is 1. The fourth-order valence-electron chi connectivity index (χ4n) is 3.33. The number of nitrogens with zero attached hydrogens (tertiary/aromatic N) is 1. The van der Waals surface area contributed by atoms with E-state index in [0.717, 1.165) is 16.8 Å². The van der Waals surface area contributed by atoms with Crippen molar-refractivity contribution < 1.29 is 18.4 Å². The number of carbonyl (C=O) groups excluding carboxylic acids is 1. The Morgan fingerprint density at radius 3 is 1.79 bits per heavy atom. The molecule has 3 aromatic carbocycles. The van der Waals surface area contributed by atoms with Crippen LogP contribution in [0.15, 0.2) is 72.8 Å². The molecule has 0 fully saturated rings. The molecule has 0 saturated heterocycles. The summed E-state index contributed by atoms with van der Waals surface area (Å²) in [4.78, 5) is 15.1. The third kappa shape index (κ3) is 7.17. The van der Waals surface area contributed by atoms with Crippen LogP contribution in [-0.2, 0) is 26.3 Å². The number of hydrogen-bond acceptors (Lipinski definition) is 4. The van der Waals surface area contributed by atoms with Gasteiger partial charge in [-0.1, -0.05) is 47.5 Å². The SMILES string of the molecule is CCOP(=O)(Cc1ccc(C(=O)N(Cc2ccc(Cl)cc2)c2ccc(Cl)cc2)cc1)OCC. The van der Waals surface area contributed by atoms with Gasteiger partial charge in [0.15, 0.2) is 0 Å². The largest absolute Gasteiger partial charge is 0.335 e. The highest BCUT2D eigenvalue weighted by molar-refractivity contribution is 7.53. The van der Waals surface area contributed by atoms with Crippen LogP contribution in [-0.4, -0.2) is 19.1 Å². The standard InChI is InChI=1S/C25H26Cl2NO4P/c1-3-31-33(30,32-4-2)18-20-5-9-21(10-6-20)25(29)28(24-15-13-23(27)14-16-24)17-19-7-11-22(26)12-8-19/h5-16H,3-4,17-18H2,1-2H3. The lowest BCUT2D eigenvalue weighted by Crippen LogP contribution is -2.30. The third-order valence-corrected chi connectivity index (χ3v) is 7.43. The number of carbonyl (C=O) groups is 1. The van der Waals surface area contributed by atoms with E-state index in [0.29, 0.717) is 35.4 Å². The Bertz CT molecular complexity index is 1090. The Morgan fingerprint density at radius 2 is 1.27 bits per heavy atom. The molecule has 3 aromatic rings. The first-order chi connectivity index (χ1) is 15.8. The maximum Gasteiger partial charge on any atom is 0.335 e. The summed E-state index contributed by atoms with van der Waals surface area (Å²) in [7, 11) is -3.22. The molecule has 174 valence electrons. The molecule has 5 nitrogen and oxygen atoms in total. The highest BCUT2D eigenvalue weighted by atomic mass is 35.5. The van der Waals surface area contributed by atoms with Crippen molar-refractivity contribution in [2.24, 2.45) is 0 Å². The summed E-state index contributed by atoms with van der Waals surface area (Å²) in [5, 5.41) is 1.23. The molecule has 0 atom stereocenters. The molecule has 0 unspecified atom stereocenters. The van der Waals surface area contributed by atoms with Crippen LogP contribution in [0.4, 0.5) is 5.69 Å². The van der Waals surface area contributed by atoms with Gasteiger partial charge >= 0.3 is 7.60 Å². The van der Waals surface area contributed by atoms with E-state index in [1.165, 1.54) is 0 Å². The summed E-state index contributed by atoms with van der Waals surface area (Å²) >= 11 is 12.1. The summed E-state index contributed by atoms with van der Waals surface area (Å²) in [5.74, 6) is -0.170. The Balaban J connectivity index is 1.85. The fourth-order valence-corrected chi connectivity index (χ4v) is 5.28. The van der Waals surface area contributed by atoms with E-state index < -0.39 is 7.60 Å². The molecule has 0 bridgehead atoms. The van der Waals surface area contributed by atoms with Gasteiger partial charge in [-0.2, -0.15) is 0 Å². The lowest BCUT2D eigenvalue weighted by molar-refractivity contribution is 0.0985. The first-order valence-corrected chi connectivity index (χ1v) is 13.1. The molecule has 0 aliphatic heterocycles. The maximum atomic E-state index is 13.5. The number of benzene rings is 3. The quantitative estimate of drug-likeness (QED) is 0.266. The zero-order valence-electron chi connectivity index (χ0n) is 18.5. The van der Waals surface area contributed by atoms with Crippen molar-refractivity contribution in [3.63, 3.8) is 0 Å². The predicted octanol–water partition coefficient (Wildman–Crippen LogP) is 7.61. The van der Waals surface area contributed by atoms with Gasteiger partial charge in [0.25, 0.3) is 5.91 Å². The van der Waals surface area contributed by atoms with Crippen LogP contribution < -0.4 is 4.90 Å². The molecule has 0 N–H and O–H groups in total. The van der Waals surface area contributed by atoms with Gasteiger partial charge in [0.2, 0.25) is 0 Å². The van der Waals surface area contributed by atoms with Crippen LogP contribution in [0.5, 0.6) is 0 Å². The summed E-state index contributed by atoms with van der Waals surface area (Å²) < 4.78 is 23.5. The van der Waals surface area contributed by atoms with E-state index >= 15 is 0 Å². The van der Waals surface area contributed by atoms with Crippen molar-refractivity contribution in [1.29, 1.82) is 0 Å². The van der Waals surface area contributed by atoms with Crippen molar-refractivity contribution in [2.75, 3.05) is 18.1 Å². The number of anilines is 1. The summed E-state index contributed by atoms with van der Waals surface area (Å²) in [5.41, 5.74) is 2.94. The second-order valence-corrected chi connectivity index (χ2v) is 10.2. The van der Waals surface area contributed by atoms with Gasteiger partial charge in [-0.15, -0.1) is 0 Å². The molecule has 0 saturated carbocycles. The second kappa shape index (κ2) is 11.8. The van der Waals surface area contributed by atoms with Crippen LogP contribution in [0.25, 0.3) is 0 Å². The average Bonchev–Trinajstić information content (AvgIpc) is 2.80. The highest BCUT2D eigenvalue weighted by Gasteiger charge is 2.24. The molecule has 0 spiro atoms. The lowest BCUT2D eigenvalue weighted by Gasteiger charge is -2.23. The van der Waals surface area contributed by atoms with E-state index in [1.54, 1.807) is 67.3 Å². The van der Waals surface area contributed by atoms with E-state index in [1.807, 2.05) is 24.3 Å². The van der Waals surface area contributed by atoms with Gasteiger partial charge in [-0.3, -0.25) is 9.36 Å². The molecule has 3 rings (SSSR count).